The Morgan fingerprint density at radius 1 is 1.25 bits per heavy atom. The highest BCUT2D eigenvalue weighted by Crippen LogP contribution is 2.41. The predicted octanol–water partition coefficient (Wildman–Crippen LogP) is 4.12. The smallest absolute Gasteiger partial charge is 0.309 e. The van der Waals surface area contributed by atoms with E-state index in [0.29, 0.717) is 23.2 Å². The van der Waals surface area contributed by atoms with E-state index < -0.39 is 0 Å². The van der Waals surface area contributed by atoms with E-state index in [1.807, 2.05) is 25.1 Å². The Bertz CT molecular complexity index is 1190. The molecule has 0 saturated carbocycles. The summed E-state index contributed by atoms with van der Waals surface area (Å²) in [5.41, 5.74) is 1.08. The van der Waals surface area contributed by atoms with Gasteiger partial charge >= 0.3 is 5.97 Å². The van der Waals surface area contributed by atoms with Crippen molar-refractivity contribution in [1.82, 2.24) is 19.5 Å². The Morgan fingerprint density at radius 2 is 2.03 bits per heavy atom. The number of aromatic nitrogens is 3. The molecule has 0 bridgehead atoms. The molecule has 0 aliphatic carbocycles. The van der Waals surface area contributed by atoms with Crippen LogP contribution >= 0.6 is 11.3 Å². The van der Waals surface area contributed by atoms with Gasteiger partial charge in [0.25, 0.3) is 0 Å². The molecule has 1 aromatic carbocycles. The summed E-state index contributed by atoms with van der Waals surface area (Å²) in [6.45, 7) is 3.70. The van der Waals surface area contributed by atoms with Crippen molar-refractivity contribution in [3.05, 3.63) is 59.2 Å². The topological polar surface area (TPSA) is 93.1 Å². The van der Waals surface area contributed by atoms with Crippen LogP contribution < -0.4 is 0 Å². The van der Waals surface area contributed by atoms with Crippen LogP contribution in [-0.4, -0.2) is 50.3 Å². The molecule has 1 aliphatic heterocycles. The van der Waals surface area contributed by atoms with Gasteiger partial charge < -0.3 is 14.3 Å². The third-order valence-electron chi connectivity index (χ3n) is 5.82. The fourth-order valence-corrected chi connectivity index (χ4v) is 5.37. The van der Waals surface area contributed by atoms with Crippen LogP contribution in [0.2, 0.25) is 0 Å². The van der Waals surface area contributed by atoms with Crippen LogP contribution in [0.3, 0.4) is 0 Å². The van der Waals surface area contributed by atoms with Crippen molar-refractivity contribution < 1.29 is 19.1 Å². The quantitative estimate of drug-likeness (QED) is 0.440. The zero-order chi connectivity index (χ0) is 22.1. The van der Waals surface area contributed by atoms with E-state index >= 15 is 0 Å². The zero-order valence-corrected chi connectivity index (χ0v) is 18.5. The van der Waals surface area contributed by atoms with Gasteiger partial charge in [-0.3, -0.25) is 9.69 Å². The first-order chi connectivity index (χ1) is 15.7. The molecule has 3 aromatic heterocycles. The number of likely N-dealkylation sites (tertiary alicyclic amines) is 1. The van der Waals surface area contributed by atoms with Crippen LogP contribution in [0.4, 0.5) is 0 Å². The first-order valence-corrected chi connectivity index (χ1v) is 11.5. The number of hydrogen-bond donors (Lipinski definition) is 1. The number of furan rings is 1. The number of benzene rings is 1. The molecule has 1 atom stereocenters. The normalized spacial score (nSPS) is 16.4. The molecule has 5 rings (SSSR count). The van der Waals surface area contributed by atoms with Crippen LogP contribution in [0.15, 0.2) is 53.1 Å². The molecule has 4 heterocycles. The van der Waals surface area contributed by atoms with Crippen molar-refractivity contribution in [3.8, 4) is 17.5 Å². The maximum Gasteiger partial charge on any atom is 0.309 e. The molecule has 1 N–H and O–H groups in total. The zero-order valence-electron chi connectivity index (χ0n) is 17.7. The van der Waals surface area contributed by atoms with Gasteiger partial charge in [-0.1, -0.05) is 41.7 Å². The van der Waals surface area contributed by atoms with E-state index in [-0.39, 0.29) is 23.8 Å². The number of nitrogens with zero attached hydrogens (tertiary/aromatic N) is 4. The molecule has 9 heteroatoms. The van der Waals surface area contributed by atoms with Crippen LogP contribution in [0.25, 0.3) is 16.5 Å². The maximum absolute atomic E-state index is 12.2. The average molecular weight is 453 g/mol. The van der Waals surface area contributed by atoms with E-state index in [1.165, 1.54) is 15.9 Å². The van der Waals surface area contributed by atoms with E-state index in [4.69, 9.17) is 9.15 Å². The Labute approximate surface area is 189 Å². The van der Waals surface area contributed by atoms with Crippen molar-refractivity contribution in [2.75, 3.05) is 19.7 Å². The van der Waals surface area contributed by atoms with Crippen molar-refractivity contribution in [3.63, 3.8) is 0 Å². The lowest BCUT2D eigenvalue weighted by Crippen LogP contribution is -2.39. The van der Waals surface area contributed by atoms with Gasteiger partial charge in [0, 0.05) is 0 Å². The molecule has 166 valence electrons. The number of hydrogen-bond acceptors (Lipinski definition) is 8. The number of aromatic hydroxyl groups is 1. The van der Waals surface area contributed by atoms with Crippen LogP contribution in [-0.2, 0) is 9.53 Å². The Hall–Kier alpha value is -3.17. The minimum atomic E-state index is -0.153. The van der Waals surface area contributed by atoms with Gasteiger partial charge in [-0.15, -0.1) is 5.10 Å². The summed E-state index contributed by atoms with van der Waals surface area (Å²) in [4.78, 5) is 20.4. The molecule has 4 aromatic rings. The monoisotopic (exact) mass is 452 g/mol. The molecule has 0 spiro atoms. The third-order valence-corrected chi connectivity index (χ3v) is 6.89. The first kappa shape index (κ1) is 20.7. The fourth-order valence-electron chi connectivity index (χ4n) is 4.26. The number of thiazole rings is 1. The minimum Gasteiger partial charge on any atom is -0.492 e. The molecule has 8 nitrogen and oxygen atoms in total. The van der Waals surface area contributed by atoms with Crippen LogP contribution in [0.5, 0.6) is 5.88 Å². The number of ether oxygens (including phenoxy) is 1. The largest absolute Gasteiger partial charge is 0.492 e. The third kappa shape index (κ3) is 3.78. The second kappa shape index (κ2) is 8.76. The van der Waals surface area contributed by atoms with Gasteiger partial charge in [0.2, 0.25) is 16.7 Å². The Morgan fingerprint density at radius 3 is 2.69 bits per heavy atom. The van der Waals surface area contributed by atoms with Gasteiger partial charge in [0.05, 0.1) is 29.7 Å². The van der Waals surface area contributed by atoms with Crippen LogP contribution in [0, 0.1) is 5.92 Å². The Kier molecular flexibility index (Phi) is 5.67. The number of esters is 1. The number of fused-ring (bicyclic) bond motifs is 1. The van der Waals surface area contributed by atoms with E-state index in [9.17, 15) is 9.90 Å². The number of carbonyl (C=O) groups excluding carboxylic acids is 1. The van der Waals surface area contributed by atoms with Gasteiger partial charge in [-0.25, -0.2) is 0 Å². The number of piperidine rings is 1. The second-order valence-corrected chi connectivity index (χ2v) is 8.78. The lowest BCUT2D eigenvalue weighted by atomic mass is 9.94. The summed E-state index contributed by atoms with van der Waals surface area (Å²) in [6, 6.07) is 13.5. The summed E-state index contributed by atoms with van der Waals surface area (Å²) in [7, 11) is 0. The molecule has 0 amide bonds. The van der Waals surface area contributed by atoms with E-state index in [1.54, 1.807) is 18.4 Å². The van der Waals surface area contributed by atoms with Gasteiger partial charge in [0.1, 0.15) is 0 Å². The summed E-state index contributed by atoms with van der Waals surface area (Å²) in [6.07, 6.45) is 3.03. The molecule has 0 unspecified atom stereocenters. The highest BCUT2D eigenvalue weighted by Gasteiger charge is 2.34. The highest BCUT2D eigenvalue weighted by atomic mass is 32.1. The summed E-state index contributed by atoms with van der Waals surface area (Å²) >= 11 is 1.42. The average Bonchev–Trinajstić information content (AvgIpc) is 3.54. The molecule has 1 saturated heterocycles. The summed E-state index contributed by atoms with van der Waals surface area (Å²) in [5, 5.41) is 15.6. The molecular weight excluding hydrogens is 428 g/mol. The standard InChI is InChI=1S/C23H24N4O4S/c1-2-30-22(29)16-10-12-26(13-11-16)18(15-7-4-3-5-8-15)19-21(28)27-23(32-19)24-20(25-27)17-9-6-14-31-17/h3-9,14,16,18,28H,2,10-13H2,1H3/t18-/m0/s1. The molecule has 32 heavy (non-hydrogen) atoms. The van der Waals surface area contributed by atoms with Gasteiger partial charge in [-0.2, -0.15) is 9.50 Å². The first-order valence-electron chi connectivity index (χ1n) is 10.7. The van der Waals surface area contributed by atoms with Crippen molar-refractivity contribution in [2.45, 2.75) is 25.8 Å². The number of carbonyl (C=O) groups is 1. The molecular formula is C23H24N4O4S. The lowest BCUT2D eigenvalue weighted by Gasteiger charge is -2.36. The second-order valence-electron chi connectivity index (χ2n) is 7.77. The fraction of sp³-hybridized carbons (Fsp3) is 0.348. The van der Waals surface area contributed by atoms with Crippen LogP contribution in [0.1, 0.15) is 36.2 Å². The predicted molar refractivity (Wildman–Crippen MR) is 119 cm³/mol. The van der Waals surface area contributed by atoms with Crippen molar-refractivity contribution in [1.29, 1.82) is 0 Å². The van der Waals surface area contributed by atoms with Crippen molar-refractivity contribution >= 4 is 22.3 Å². The SMILES string of the molecule is CCOC(=O)C1CCN([C@@H](c2ccccc2)c2sc3nc(-c4ccco4)nn3c2O)CC1. The number of rotatable bonds is 6. The Balaban J connectivity index is 1.47. The lowest BCUT2D eigenvalue weighted by molar-refractivity contribution is -0.149. The summed E-state index contributed by atoms with van der Waals surface area (Å²) in [5.74, 6) is 0.888. The summed E-state index contributed by atoms with van der Waals surface area (Å²) < 4.78 is 12.1. The van der Waals surface area contributed by atoms with Gasteiger partial charge in [0.15, 0.2) is 5.76 Å². The molecule has 1 aliphatic rings. The maximum atomic E-state index is 12.2. The van der Waals surface area contributed by atoms with Crippen molar-refractivity contribution in [2.24, 2.45) is 5.92 Å². The van der Waals surface area contributed by atoms with E-state index in [0.717, 1.165) is 36.4 Å². The molecule has 0 radical (unpaired) electrons. The van der Waals surface area contributed by atoms with Gasteiger partial charge in [-0.05, 0) is 50.6 Å². The highest BCUT2D eigenvalue weighted by molar-refractivity contribution is 7.17. The minimum absolute atomic E-state index is 0.0746. The molecule has 1 fully saturated rings. The van der Waals surface area contributed by atoms with E-state index in [2.05, 4.69) is 27.1 Å².